The second-order valence-corrected chi connectivity index (χ2v) is 4.77. The van der Waals surface area contributed by atoms with Gasteiger partial charge in [-0.05, 0) is 18.2 Å². The van der Waals surface area contributed by atoms with Crippen molar-refractivity contribution < 1.29 is 4.79 Å². The van der Waals surface area contributed by atoms with Gasteiger partial charge in [-0.1, -0.05) is 17.9 Å². The highest BCUT2D eigenvalue weighted by Crippen LogP contribution is 2.09. The Labute approximate surface area is 124 Å². The molecule has 5 nitrogen and oxygen atoms in total. The highest BCUT2D eigenvalue weighted by Gasteiger charge is 2.12. The monoisotopic (exact) mass is 282 g/mol. The van der Waals surface area contributed by atoms with Crippen molar-refractivity contribution in [3.63, 3.8) is 0 Å². The molecule has 0 unspecified atom stereocenters. The maximum absolute atomic E-state index is 12.4. The molecule has 0 bridgehead atoms. The lowest BCUT2D eigenvalue weighted by Gasteiger charge is -2.16. The van der Waals surface area contributed by atoms with E-state index in [0.29, 0.717) is 18.7 Å². The van der Waals surface area contributed by atoms with Crippen LogP contribution in [0.2, 0.25) is 0 Å². The third-order valence-corrected chi connectivity index (χ3v) is 2.97. The molecule has 0 saturated carbocycles. The topological polar surface area (TPSA) is 64.2 Å². The molecule has 2 N–H and O–H groups in total. The fraction of sp³-hybridized carbons (Fsp3) is 0.250. The highest BCUT2D eigenvalue weighted by atomic mass is 16.2. The van der Waals surface area contributed by atoms with Crippen molar-refractivity contribution in [2.24, 2.45) is 12.8 Å². The number of hydrogen-bond acceptors (Lipinski definition) is 3. The molecule has 1 aromatic heterocycles. The number of carbonyl (C=O) groups is 1. The van der Waals surface area contributed by atoms with Gasteiger partial charge in [-0.25, -0.2) is 0 Å². The van der Waals surface area contributed by atoms with E-state index in [-0.39, 0.29) is 5.91 Å². The van der Waals surface area contributed by atoms with Crippen LogP contribution in [0.4, 0.5) is 0 Å². The second kappa shape index (κ2) is 6.73. The van der Waals surface area contributed by atoms with Gasteiger partial charge in [0.15, 0.2) is 0 Å². The summed E-state index contributed by atoms with van der Waals surface area (Å²) in [4.78, 5) is 14.1. The van der Waals surface area contributed by atoms with Crippen molar-refractivity contribution in [2.45, 2.75) is 6.54 Å². The predicted molar refractivity (Wildman–Crippen MR) is 81.4 cm³/mol. The first-order valence-corrected chi connectivity index (χ1v) is 6.62. The molecule has 0 aliphatic carbocycles. The Morgan fingerprint density at radius 1 is 1.48 bits per heavy atom. The zero-order valence-corrected chi connectivity index (χ0v) is 12.2. The van der Waals surface area contributed by atoms with E-state index in [4.69, 9.17) is 5.73 Å². The van der Waals surface area contributed by atoms with Crippen molar-refractivity contribution in [2.75, 3.05) is 13.6 Å². The molecule has 0 saturated heterocycles. The minimum Gasteiger partial charge on any atom is -0.337 e. The summed E-state index contributed by atoms with van der Waals surface area (Å²) in [7, 11) is 3.62. The first-order valence-electron chi connectivity index (χ1n) is 6.62. The average molecular weight is 282 g/mol. The third-order valence-electron chi connectivity index (χ3n) is 2.97. The van der Waals surface area contributed by atoms with Crippen molar-refractivity contribution >= 4 is 5.91 Å². The fourth-order valence-corrected chi connectivity index (χ4v) is 2.00. The Morgan fingerprint density at radius 3 is 2.95 bits per heavy atom. The second-order valence-electron chi connectivity index (χ2n) is 4.77. The van der Waals surface area contributed by atoms with E-state index < -0.39 is 0 Å². The molecule has 2 rings (SSSR count). The smallest absolute Gasteiger partial charge is 0.253 e. The van der Waals surface area contributed by atoms with Gasteiger partial charge in [-0.2, -0.15) is 5.10 Å². The van der Waals surface area contributed by atoms with Gasteiger partial charge in [0, 0.05) is 43.5 Å². The van der Waals surface area contributed by atoms with Crippen LogP contribution in [0.25, 0.3) is 0 Å². The number of benzene rings is 1. The Morgan fingerprint density at radius 2 is 2.29 bits per heavy atom. The van der Waals surface area contributed by atoms with E-state index in [1.165, 1.54) is 0 Å². The Balaban J connectivity index is 2.11. The summed E-state index contributed by atoms with van der Waals surface area (Å²) < 4.78 is 1.72. The molecule has 1 amide bonds. The SMILES string of the molecule is CN(Cc1cnn(C)c1)C(=O)c1cccc(C#CCN)c1. The zero-order chi connectivity index (χ0) is 15.2. The van der Waals surface area contributed by atoms with E-state index in [0.717, 1.165) is 11.1 Å². The number of aryl methyl sites for hydroxylation is 1. The predicted octanol–water partition coefficient (Wildman–Crippen LogP) is 1.00. The van der Waals surface area contributed by atoms with Gasteiger partial charge < -0.3 is 10.6 Å². The minimum absolute atomic E-state index is 0.0461. The number of nitrogens with zero attached hydrogens (tertiary/aromatic N) is 3. The van der Waals surface area contributed by atoms with E-state index in [2.05, 4.69) is 16.9 Å². The Kier molecular flexibility index (Phi) is 4.75. The Hall–Kier alpha value is -2.58. The van der Waals surface area contributed by atoms with Gasteiger partial charge in [0.1, 0.15) is 0 Å². The molecule has 108 valence electrons. The van der Waals surface area contributed by atoms with Gasteiger partial charge in [0.2, 0.25) is 0 Å². The van der Waals surface area contributed by atoms with Crippen LogP contribution in [0.5, 0.6) is 0 Å². The largest absolute Gasteiger partial charge is 0.337 e. The molecule has 1 heterocycles. The molecular formula is C16H18N4O. The number of hydrogen-bond donors (Lipinski definition) is 1. The molecule has 0 atom stereocenters. The molecular weight excluding hydrogens is 264 g/mol. The van der Waals surface area contributed by atoms with Crippen LogP contribution in [0.1, 0.15) is 21.5 Å². The van der Waals surface area contributed by atoms with Crippen LogP contribution >= 0.6 is 0 Å². The summed E-state index contributed by atoms with van der Waals surface area (Å²) in [6, 6.07) is 7.26. The fourth-order valence-electron chi connectivity index (χ4n) is 2.00. The van der Waals surface area contributed by atoms with E-state index in [1.807, 2.05) is 25.4 Å². The van der Waals surface area contributed by atoms with E-state index in [1.54, 1.807) is 35.0 Å². The lowest BCUT2D eigenvalue weighted by molar-refractivity contribution is 0.0785. The lowest BCUT2D eigenvalue weighted by Crippen LogP contribution is -2.26. The zero-order valence-electron chi connectivity index (χ0n) is 12.2. The summed E-state index contributed by atoms with van der Waals surface area (Å²) in [6.07, 6.45) is 3.65. The van der Waals surface area contributed by atoms with Gasteiger partial charge in [0.05, 0.1) is 12.7 Å². The third kappa shape index (κ3) is 3.94. The molecule has 21 heavy (non-hydrogen) atoms. The van der Waals surface area contributed by atoms with Gasteiger partial charge >= 0.3 is 0 Å². The summed E-state index contributed by atoms with van der Waals surface area (Å²) in [5, 5.41) is 4.10. The van der Waals surface area contributed by atoms with Crippen LogP contribution in [0, 0.1) is 11.8 Å². The molecule has 1 aromatic carbocycles. The van der Waals surface area contributed by atoms with Crippen LogP contribution < -0.4 is 5.73 Å². The number of amides is 1. The minimum atomic E-state index is -0.0461. The van der Waals surface area contributed by atoms with Crippen LogP contribution in [-0.4, -0.2) is 34.2 Å². The van der Waals surface area contributed by atoms with Gasteiger partial charge in [-0.3, -0.25) is 9.48 Å². The maximum Gasteiger partial charge on any atom is 0.253 e. The van der Waals surface area contributed by atoms with Crippen LogP contribution in [0.3, 0.4) is 0 Å². The Bertz CT molecular complexity index is 694. The van der Waals surface area contributed by atoms with Crippen molar-refractivity contribution in [1.29, 1.82) is 0 Å². The van der Waals surface area contributed by atoms with Crippen LogP contribution in [0.15, 0.2) is 36.7 Å². The van der Waals surface area contributed by atoms with Crippen molar-refractivity contribution in [1.82, 2.24) is 14.7 Å². The molecule has 0 spiro atoms. The molecule has 0 fully saturated rings. The average Bonchev–Trinajstić information content (AvgIpc) is 2.89. The molecule has 5 heteroatoms. The molecule has 0 radical (unpaired) electrons. The molecule has 0 aliphatic heterocycles. The normalized spacial score (nSPS) is 9.86. The number of aromatic nitrogens is 2. The van der Waals surface area contributed by atoms with E-state index >= 15 is 0 Å². The van der Waals surface area contributed by atoms with Crippen molar-refractivity contribution in [3.05, 3.63) is 53.3 Å². The molecule has 0 aliphatic rings. The first kappa shape index (κ1) is 14.8. The number of rotatable bonds is 3. The number of carbonyl (C=O) groups excluding carboxylic acids is 1. The summed E-state index contributed by atoms with van der Waals surface area (Å²) in [5.41, 5.74) is 7.76. The quantitative estimate of drug-likeness (QED) is 0.854. The lowest BCUT2D eigenvalue weighted by atomic mass is 10.1. The summed E-state index contributed by atoms with van der Waals surface area (Å²) >= 11 is 0. The molecule has 2 aromatic rings. The summed E-state index contributed by atoms with van der Waals surface area (Å²) in [5.74, 6) is 5.67. The first-order chi connectivity index (χ1) is 10.1. The number of nitrogens with two attached hydrogens (primary N) is 1. The van der Waals surface area contributed by atoms with Gasteiger partial charge in [-0.15, -0.1) is 0 Å². The maximum atomic E-state index is 12.4. The van der Waals surface area contributed by atoms with Crippen molar-refractivity contribution in [3.8, 4) is 11.8 Å². The van der Waals surface area contributed by atoms with Gasteiger partial charge in [0.25, 0.3) is 5.91 Å². The standard InChI is InChI=1S/C16H18N4O/c1-19(11-14-10-18-20(2)12-14)16(21)15-7-3-5-13(9-15)6-4-8-17/h3,5,7,9-10,12H,8,11,17H2,1-2H3. The summed E-state index contributed by atoms with van der Waals surface area (Å²) in [6.45, 7) is 0.824. The highest BCUT2D eigenvalue weighted by molar-refractivity contribution is 5.94. The van der Waals surface area contributed by atoms with Crippen LogP contribution in [-0.2, 0) is 13.6 Å². The van der Waals surface area contributed by atoms with E-state index in [9.17, 15) is 4.79 Å².